The van der Waals surface area contributed by atoms with Crippen molar-refractivity contribution in [2.45, 2.75) is 57.3 Å². The highest BCUT2D eigenvalue weighted by atomic mass is 16.5. The zero-order chi connectivity index (χ0) is 17.6. The average Bonchev–Trinajstić information content (AvgIpc) is 3.15. The second kappa shape index (κ2) is 5.84. The summed E-state index contributed by atoms with van der Waals surface area (Å²) in [7, 11) is 0. The van der Waals surface area contributed by atoms with Gasteiger partial charge in [-0.3, -0.25) is 24.1 Å². The van der Waals surface area contributed by atoms with E-state index in [4.69, 9.17) is 9.84 Å². The quantitative estimate of drug-likeness (QED) is 0.654. The Bertz CT molecular complexity index is 573. The molecule has 2 N–H and O–H groups in total. The summed E-state index contributed by atoms with van der Waals surface area (Å²) in [5.41, 5.74) is -0.723. The number of hydrogen-bond acceptors (Lipinski definition) is 5. The molecule has 3 aliphatic heterocycles. The van der Waals surface area contributed by atoms with Gasteiger partial charge in [0.25, 0.3) is 0 Å². The number of likely N-dealkylation sites (tertiary alicyclic amines) is 1. The van der Waals surface area contributed by atoms with E-state index < -0.39 is 29.3 Å². The Morgan fingerprint density at radius 3 is 2.25 bits per heavy atom. The lowest BCUT2D eigenvalue weighted by Crippen LogP contribution is -2.49. The zero-order valence-electron chi connectivity index (χ0n) is 13.8. The molecule has 0 aromatic heterocycles. The first-order valence-corrected chi connectivity index (χ1v) is 8.23. The summed E-state index contributed by atoms with van der Waals surface area (Å²) in [5, 5.41) is 11.4. The molecule has 4 atom stereocenters. The number of imide groups is 1. The van der Waals surface area contributed by atoms with E-state index >= 15 is 0 Å². The van der Waals surface area contributed by atoms with Crippen LogP contribution >= 0.6 is 0 Å². The zero-order valence-corrected chi connectivity index (χ0v) is 13.8. The van der Waals surface area contributed by atoms with Gasteiger partial charge in [0.2, 0.25) is 17.7 Å². The van der Waals surface area contributed by atoms with E-state index in [1.807, 2.05) is 0 Å². The second-order valence-corrected chi connectivity index (χ2v) is 7.43. The Hall–Kier alpha value is -1.96. The van der Waals surface area contributed by atoms with Gasteiger partial charge in [-0.2, -0.15) is 0 Å². The van der Waals surface area contributed by atoms with Crippen molar-refractivity contribution in [2.24, 2.45) is 11.8 Å². The lowest BCUT2D eigenvalue weighted by Gasteiger charge is -2.27. The van der Waals surface area contributed by atoms with Gasteiger partial charge < -0.3 is 15.2 Å². The fourth-order valence-corrected chi connectivity index (χ4v) is 3.97. The van der Waals surface area contributed by atoms with E-state index in [2.05, 4.69) is 5.32 Å². The molecule has 8 nitrogen and oxygen atoms in total. The van der Waals surface area contributed by atoms with Gasteiger partial charge in [0.1, 0.15) is 6.54 Å². The minimum atomic E-state index is -0.939. The van der Waals surface area contributed by atoms with Crippen LogP contribution in [-0.4, -0.2) is 58.0 Å². The van der Waals surface area contributed by atoms with E-state index in [0.29, 0.717) is 0 Å². The highest BCUT2D eigenvalue weighted by Gasteiger charge is 2.62. The van der Waals surface area contributed by atoms with Crippen LogP contribution in [0.5, 0.6) is 0 Å². The summed E-state index contributed by atoms with van der Waals surface area (Å²) in [4.78, 5) is 48.8. The van der Waals surface area contributed by atoms with Crippen LogP contribution in [0.1, 0.15) is 39.5 Å². The number of carboxylic acid groups (broad SMARTS) is 1. The number of nitrogens with one attached hydrogen (secondary N) is 1. The highest BCUT2D eigenvalue weighted by Crippen LogP contribution is 2.48. The molecular weight excluding hydrogens is 316 g/mol. The summed E-state index contributed by atoms with van der Waals surface area (Å²) in [6.45, 7) is 3.11. The maximum atomic E-state index is 12.5. The molecule has 8 heteroatoms. The van der Waals surface area contributed by atoms with Gasteiger partial charge in [0, 0.05) is 12.0 Å². The van der Waals surface area contributed by atoms with Crippen molar-refractivity contribution in [3.63, 3.8) is 0 Å². The van der Waals surface area contributed by atoms with Crippen LogP contribution in [-0.2, 0) is 23.9 Å². The van der Waals surface area contributed by atoms with Crippen molar-refractivity contribution in [1.82, 2.24) is 10.2 Å². The van der Waals surface area contributed by atoms with E-state index in [0.717, 1.165) is 17.7 Å². The molecule has 0 radical (unpaired) electrons. The Morgan fingerprint density at radius 2 is 1.75 bits per heavy atom. The standard InChI is InChI=1S/C16H22N2O6/c1-16(2,6-5-11(20)21)17-10(19)7-18-14(22)12-8-3-4-9(24-8)13(12)15(18)23/h8-9,12-13H,3-7H2,1-2H3,(H,17,19)(H,20,21). The van der Waals surface area contributed by atoms with Crippen LogP contribution in [0.4, 0.5) is 0 Å². The molecule has 3 rings (SSSR count). The number of carboxylic acids is 1. The summed E-state index contributed by atoms with van der Waals surface area (Å²) in [6, 6.07) is 0. The average molecular weight is 338 g/mol. The number of fused-ring (bicyclic) bond motifs is 5. The smallest absolute Gasteiger partial charge is 0.303 e. The molecule has 3 saturated heterocycles. The van der Waals surface area contributed by atoms with Crippen molar-refractivity contribution in [3.8, 4) is 0 Å². The second-order valence-electron chi connectivity index (χ2n) is 7.43. The van der Waals surface area contributed by atoms with E-state index in [-0.39, 0.29) is 43.4 Å². The van der Waals surface area contributed by atoms with Crippen LogP contribution < -0.4 is 5.32 Å². The van der Waals surface area contributed by atoms with Crippen LogP contribution in [0.15, 0.2) is 0 Å². The number of amides is 3. The molecule has 3 heterocycles. The number of hydrogen-bond donors (Lipinski definition) is 2. The molecule has 0 saturated carbocycles. The molecule has 3 fully saturated rings. The molecule has 0 aliphatic carbocycles. The lowest BCUT2D eigenvalue weighted by atomic mass is 9.81. The van der Waals surface area contributed by atoms with Crippen LogP contribution in [0, 0.1) is 11.8 Å². The van der Waals surface area contributed by atoms with E-state index in [1.54, 1.807) is 13.8 Å². The Kier molecular flexibility index (Phi) is 4.11. The monoisotopic (exact) mass is 338 g/mol. The summed E-state index contributed by atoms with van der Waals surface area (Å²) in [5.74, 6) is -2.93. The third-order valence-electron chi connectivity index (χ3n) is 5.12. The van der Waals surface area contributed by atoms with E-state index in [9.17, 15) is 19.2 Å². The van der Waals surface area contributed by atoms with Gasteiger partial charge in [-0.05, 0) is 33.1 Å². The van der Waals surface area contributed by atoms with Crippen LogP contribution in [0.2, 0.25) is 0 Å². The maximum Gasteiger partial charge on any atom is 0.303 e. The number of carbonyl (C=O) groups is 4. The fourth-order valence-electron chi connectivity index (χ4n) is 3.97. The minimum absolute atomic E-state index is 0.0697. The van der Waals surface area contributed by atoms with Crippen molar-refractivity contribution in [3.05, 3.63) is 0 Å². The molecule has 0 aromatic rings. The third-order valence-corrected chi connectivity index (χ3v) is 5.12. The molecular formula is C16H22N2O6. The van der Waals surface area contributed by atoms with Crippen molar-refractivity contribution in [2.75, 3.05) is 6.54 Å². The minimum Gasteiger partial charge on any atom is -0.481 e. The summed E-state index contributed by atoms with van der Waals surface area (Å²) >= 11 is 0. The molecule has 3 amide bonds. The third kappa shape index (κ3) is 2.90. The van der Waals surface area contributed by atoms with Gasteiger partial charge in [-0.15, -0.1) is 0 Å². The molecule has 0 spiro atoms. The normalized spacial score (nSPS) is 31.5. The number of rotatable bonds is 6. The Labute approximate surface area is 139 Å². The van der Waals surface area contributed by atoms with Crippen molar-refractivity contribution < 1.29 is 29.0 Å². The van der Waals surface area contributed by atoms with Gasteiger partial charge in [-0.25, -0.2) is 0 Å². The molecule has 4 unspecified atom stereocenters. The first-order valence-electron chi connectivity index (χ1n) is 8.23. The molecule has 24 heavy (non-hydrogen) atoms. The van der Waals surface area contributed by atoms with E-state index in [1.165, 1.54) is 0 Å². The topological polar surface area (TPSA) is 113 Å². The number of nitrogens with zero attached hydrogens (tertiary/aromatic N) is 1. The van der Waals surface area contributed by atoms with Gasteiger partial charge in [-0.1, -0.05) is 0 Å². The van der Waals surface area contributed by atoms with Crippen molar-refractivity contribution >= 4 is 23.7 Å². The van der Waals surface area contributed by atoms with Gasteiger partial charge in [0.05, 0.1) is 24.0 Å². The predicted octanol–water partition coefficient (Wildman–Crippen LogP) is -0.0916. The molecule has 2 bridgehead atoms. The Balaban J connectivity index is 1.60. The predicted molar refractivity (Wildman–Crippen MR) is 80.7 cm³/mol. The SMILES string of the molecule is CC(C)(CCC(=O)O)NC(=O)CN1C(=O)C2C3CCC(O3)C2C1=O. The fraction of sp³-hybridized carbons (Fsp3) is 0.750. The lowest BCUT2D eigenvalue weighted by molar-refractivity contribution is -0.146. The number of ether oxygens (including phenoxy) is 1. The summed E-state index contributed by atoms with van der Waals surface area (Å²) < 4.78 is 5.64. The van der Waals surface area contributed by atoms with Gasteiger partial charge >= 0.3 is 5.97 Å². The maximum absolute atomic E-state index is 12.5. The first-order chi connectivity index (χ1) is 11.2. The molecule has 0 aromatic carbocycles. The summed E-state index contributed by atoms with van der Waals surface area (Å²) in [6.07, 6.45) is 1.37. The molecule has 132 valence electrons. The van der Waals surface area contributed by atoms with Gasteiger partial charge in [0.15, 0.2) is 0 Å². The number of aliphatic carboxylic acids is 1. The highest BCUT2D eigenvalue weighted by molar-refractivity contribution is 6.08. The largest absolute Gasteiger partial charge is 0.481 e. The number of carbonyl (C=O) groups excluding carboxylic acids is 3. The first kappa shape index (κ1) is 16.9. The Morgan fingerprint density at radius 1 is 1.21 bits per heavy atom. The van der Waals surface area contributed by atoms with Crippen molar-refractivity contribution in [1.29, 1.82) is 0 Å². The van der Waals surface area contributed by atoms with Crippen LogP contribution in [0.25, 0.3) is 0 Å². The van der Waals surface area contributed by atoms with Crippen LogP contribution in [0.3, 0.4) is 0 Å². The molecule has 3 aliphatic rings.